The molecule has 0 aliphatic heterocycles. The second-order valence-corrected chi connectivity index (χ2v) is 9.10. The molecule has 4 aromatic rings. The maximum atomic E-state index is 12.6. The first kappa shape index (κ1) is 23.8. The van der Waals surface area contributed by atoms with Crippen LogP contribution in [0.25, 0.3) is 6.08 Å². The summed E-state index contributed by atoms with van der Waals surface area (Å²) in [5.74, 6) is 0.306. The molecule has 0 bridgehead atoms. The van der Waals surface area contributed by atoms with Crippen molar-refractivity contribution in [1.29, 1.82) is 0 Å². The monoisotopic (exact) mass is 488 g/mol. The maximum absolute atomic E-state index is 12.6. The number of rotatable bonds is 10. The Morgan fingerprint density at radius 2 is 1.74 bits per heavy atom. The molecule has 1 heterocycles. The molecule has 0 atom stereocenters. The maximum Gasteiger partial charge on any atom is 0.255 e. The quantitative estimate of drug-likeness (QED) is 0.339. The number of carbonyl (C=O) groups excluding carboxylic acids is 1. The number of ether oxygens (including phenoxy) is 1. The Morgan fingerprint density at radius 1 is 0.943 bits per heavy atom. The number of hydrogen-bond acceptors (Lipinski definition) is 5. The summed E-state index contributed by atoms with van der Waals surface area (Å²) in [7, 11) is -3.69. The van der Waals surface area contributed by atoms with E-state index in [4.69, 9.17) is 4.74 Å². The van der Waals surface area contributed by atoms with E-state index >= 15 is 0 Å². The van der Waals surface area contributed by atoms with Gasteiger partial charge in [0.05, 0.1) is 12.0 Å². The standard InChI is InChI=1S/C26H24N4O4S/c31-26(28-24-8-4-9-25(20-24)34-18-17-30-16-5-15-27-30)22-10-12-23(13-11-22)29-35(32,33)19-14-21-6-2-1-3-7-21/h1-16,19-20,29H,17-18H2,(H,28,31). The zero-order chi connectivity index (χ0) is 24.5. The molecule has 0 fully saturated rings. The zero-order valence-electron chi connectivity index (χ0n) is 18.7. The van der Waals surface area contributed by atoms with Crippen LogP contribution >= 0.6 is 0 Å². The number of nitrogens with zero attached hydrogens (tertiary/aromatic N) is 2. The number of hydrogen-bond donors (Lipinski definition) is 2. The second kappa shape index (κ2) is 11.2. The summed E-state index contributed by atoms with van der Waals surface area (Å²) in [5, 5.41) is 8.05. The van der Waals surface area contributed by atoms with Crippen molar-refractivity contribution in [2.75, 3.05) is 16.6 Å². The van der Waals surface area contributed by atoms with Gasteiger partial charge in [0.15, 0.2) is 0 Å². The molecule has 0 spiro atoms. The van der Waals surface area contributed by atoms with Crippen molar-refractivity contribution in [3.63, 3.8) is 0 Å². The van der Waals surface area contributed by atoms with Gasteiger partial charge >= 0.3 is 0 Å². The Kier molecular flexibility index (Phi) is 7.59. The number of anilines is 2. The second-order valence-electron chi connectivity index (χ2n) is 7.54. The summed E-state index contributed by atoms with van der Waals surface area (Å²) in [4.78, 5) is 12.6. The Bertz CT molecular complexity index is 1390. The zero-order valence-corrected chi connectivity index (χ0v) is 19.6. The van der Waals surface area contributed by atoms with Crippen LogP contribution < -0.4 is 14.8 Å². The van der Waals surface area contributed by atoms with E-state index in [1.807, 2.05) is 48.7 Å². The topological polar surface area (TPSA) is 102 Å². The lowest BCUT2D eigenvalue weighted by Crippen LogP contribution is -2.13. The van der Waals surface area contributed by atoms with Crippen LogP contribution in [-0.2, 0) is 16.6 Å². The molecule has 0 unspecified atom stereocenters. The summed E-state index contributed by atoms with van der Waals surface area (Å²) < 4.78 is 34.6. The van der Waals surface area contributed by atoms with Gasteiger partial charge in [-0.3, -0.25) is 14.2 Å². The molecule has 0 aliphatic rings. The lowest BCUT2D eigenvalue weighted by atomic mass is 10.2. The molecule has 0 saturated carbocycles. The average Bonchev–Trinajstić information content (AvgIpc) is 3.38. The first-order valence-corrected chi connectivity index (χ1v) is 12.4. The number of sulfonamides is 1. The number of carbonyl (C=O) groups is 1. The van der Waals surface area contributed by atoms with Crippen LogP contribution in [0, 0.1) is 0 Å². The molecule has 1 amide bonds. The van der Waals surface area contributed by atoms with Crippen molar-refractivity contribution in [2.45, 2.75) is 6.54 Å². The minimum absolute atomic E-state index is 0.322. The van der Waals surface area contributed by atoms with Crippen LogP contribution in [0.15, 0.2) is 103 Å². The van der Waals surface area contributed by atoms with Crippen LogP contribution in [0.5, 0.6) is 5.75 Å². The molecule has 0 radical (unpaired) electrons. The first-order valence-electron chi connectivity index (χ1n) is 10.8. The highest BCUT2D eigenvalue weighted by Gasteiger charge is 2.09. The fraction of sp³-hybridized carbons (Fsp3) is 0.0769. The fourth-order valence-electron chi connectivity index (χ4n) is 3.18. The average molecular weight is 489 g/mol. The molecule has 1 aromatic heterocycles. The third kappa shape index (κ3) is 7.31. The lowest BCUT2D eigenvalue weighted by Gasteiger charge is -2.10. The van der Waals surface area contributed by atoms with E-state index in [0.717, 1.165) is 11.0 Å². The molecule has 35 heavy (non-hydrogen) atoms. The van der Waals surface area contributed by atoms with Crippen LogP contribution in [0.4, 0.5) is 11.4 Å². The summed E-state index contributed by atoms with van der Waals surface area (Å²) in [6.45, 7) is 1.05. The van der Waals surface area contributed by atoms with Crippen molar-refractivity contribution >= 4 is 33.4 Å². The number of aromatic nitrogens is 2. The van der Waals surface area contributed by atoms with E-state index in [-0.39, 0.29) is 5.91 Å². The molecule has 2 N–H and O–H groups in total. The Hall–Kier alpha value is -4.37. The predicted molar refractivity (Wildman–Crippen MR) is 137 cm³/mol. The first-order chi connectivity index (χ1) is 17.0. The molecule has 0 aliphatic carbocycles. The normalized spacial score (nSPS) is 11.3. The number of nitrogens with one attached hydrogen (secondary N) is 2. The van der Waals surface area contributed by atoms with Gasteiger partial charge in [-0.25, -0.2) is 8.42 Å². The van der Waals surface area contributed by atoms with Crippen LogP contribution in [-0.4, -0.2) is 30.7 Å². The fourth-order valence-corrected chi connectivity index (χ4v) is 4.05. The van der Waals surface area contributed by atoms with E-state index < -0.39 is 10.0 Å². The van der Waals surface area contributed by atoms with Crippen LogP contribution in [0.1, 0.15) is 15.9 Å². The van der Waals surface area contributed by atoms with Gasteiger partial charge < -0.3 is 10.1 Å². The van der Waals surface area contributed by atoms with E-state index in [1.54, 1.807) is 41.2 Å². The van der Waals surface area contributed by atoms with Gasteiger partial charge in [0, 0.05) is 35.4 Å². The van der Waals surface area contributed by atoms with Gasteiger partial charge in [0.25, 0.3) is 15.9 Å². The van der Waals surface area contributed by atoms with Gasteiger partial charge in [0.1, 0.15) is 12.4 Å². The molecule has 8 nitrogen and oxygen atoms in total. The van der Waals surface area contributed by atoms with E-state index in [9.17, 15) is 13.2 Å². The van der Waals surface area contributed by atoms with Crippen molar-refractivity contribution in [3.05, 3.63) is 114 Å². The van der Waals surface area contributed by atoms with E-state index in [2.05, 4.69) is 15.1 Å². The number of benzene rings is 3. The van der Waals surface area contributed by atoms with Crippen molar-refractivity contribution in [3.8, 4) is 5.75 Å². The molecule has 178 valence electrons. The summed E-state index contributed by atoms with van der Waals surface area (Å²) in [5.41, 5.74) is 2.10. The molecular formula is C26H24N4O4S. The summed E-state index contributed by atoms with van der Waals surface area (Å²) in [6.07, 6.45) is 5.08. The molecule has 4 rings (SSSR count). The van der Waals surface area contributed by atoms with E-state index in [1.165, 1.54) is 18.2 Å². The minimum atomic E-state index is -3.69. The highest BCUT2D eigenvalue weighted by atomic mass is 32.2. The molecular weight excluding hydrogens is 464 g/mol. The Morgan fingerprint density at radius 3 is 2.49 bits per heavy atom. The van der Waals surface area contributed by atoms with Crippen LogP contribution in [0.2, 0.25) is 0 Å². The SMILES string of the molecule is O=C(Nc1cccc(OCCn2cccn2)c1)c1ccc(NS(=O)(=O)C=Cc2ccccc2)cc1. The van der Waals surface area contributed by atoms with E-state index in [0.29, 0.717) is 35.8 Å². The van der Waals surface area contributed by atoms with Gasteiger partial charge in [-0.2, -0.15) is 5.10 Å². The van der Waals surface area contributed by atoms with Gasteiger partial charge in [-0.15, -0.1) is 0 Å². The van der Waals surface area contributed by atoms with Gasteiger partial charge in [-0.1, -0.05) is 36.4 Å². The van der Waals surface area contributed by atoms with Crippen LogP contribution in [0.3, 0.4) is 0 Å². The molecule has 0 saturated heterocycles. The van der Waals surface area contributed by atoms with Crippen molar-refractivity contribution < 1.29 is 17.9 Å². The highest BCUT2D eigenvalue weighted by molar-refractivity contribution is 7.95. The molecule has 9 heteroatoms. The van der Waals surface area contributed by atoms with Crippen molar-refractivity contribution in [1.82, 2.24) is 9.78 Å². The third-order valence-electron chi connectivity index (χ3n) is 4.89. The minimum Gasteiger partial charge on any atom is -0.492 e. The lowest BCUT2D eigenvalue weighted by molar-refractivity contribution is 0.102. The Labute approximate surface area is 203 Å². The summed E-state index contributed by atoms with van der Waals surface area (Å²) in [6, 6.07) is 24.3. The molecule has 3 aromatic carbocycles. The predicted octanol–water partition coefficient (Wildman–Crippen LogP) is 4.63. The van der Waals surface area contributed by atoms with Gasteiger partial charge in [0.2, 0.25) is 0 Å². The highest BCUT2D eigenvalue weighted by Crippen LogP contribution is 2.19. The van der Waals surface area contributed by atoms with Gasteiger partial charge in [-0.05, 0) is 54.1 Å². The smallest absolute Gasteiger partial charge is 0.255 e. The van der Waals surface area contributed by atoms with Crippen molar-refractivity contribution in [2.24, 2.45) is 0 Å². The Balaban J connectivity index is 1.32. The summed E-state index contributed by atoms with van der Waals surface area (Å²) >= 11 is 0. The number of amides is 1. The third-order valence-corrected chi connectivity index (χ3v) is 5.90. The largest absolute Gasteiger partial charge is 0.492 e.